The minimum atomic E-state index is -0.704. The molecule has 0 atom stereocenters. The summed E-state index contributed by atoms with van der Waals surface area (Å²) in [7, 11) is 0. The molecule has 0 aromatic carbocycles. The Balaban J connectivity index is 1.79. The summed E-state index contributed by atoms with van der Waals surface area (Å²) in [6.45, 7) is 0.372. The summed E-state index contributed by atoms with van der Waals surface area (Å²) in [6.07, 6.45) is 9.78. The monoisotopic (exact) mass is 262 g/mol. The van der Waals surface area contributed by atoms with Crippen LogP contribution in [-0.4, -0.2) is 28.1 Å². The lowest BCUT2D eigenvalue weighted by Gasteiger charge is -2.26. The second-order valence-corrected chi connectivity index (χ2v) is 5.45. The van der Waals surface area contributed by atoms with Crippen LogP contribution >= 0.6 is 0 Å². The van der Waals surface area contributed by atoms with Gasteiger partial charge in [-0.2, -0.15) is 0 Å². The average Bonchev–Trinajstić information content (AvgIpc) is 2.63. The minimum Gasteiger partial charge on any atom is -0.388 e. The molecule has 19 heavy (non-hydrogen) atoms. The molecule has 1 fully saturated rings. The Hall–Kier alpha value is -1.42. The summed E-state index contributed by atoms with van der Waals surface area (Å²) >= 11 is 0. The number of carbonyl (C=O) groups excluding carboxylic acids is 1. The molecule has 2 N–H and O–H groups in total. The maximum Gasteiger partial charge on any atom is 0.224 e. The molecule has 104 valence electrons. The first-order valence-electron chi connectivity index (χ1n) is 7.06. The molecule has 2 rings (SSSR count). The highest BCUT2D eigenvalue weighted by Crippen LogP contribution is 2.26. The van der Waals surface area contributed by atoms with Crippen LogP contribution in [0.1, 0.15) is 44.1 Å². The van der Waals surface area contributed by atoms with Crippen molar-refractivity contribution in [1.29, 1.82) is 0 Å². The summed E-state index contributed by atoms with van der Waals surface area (Å²) in [5.74, 6) is -0.0381. The largest absolute Gasteiger partial charge is 0.388 e. The minimum absolute atomic E-state index is 0.0381. The second-order valence-electron chi connectivity index (χ2n) is 5.45. The molecule has 0 saturated heterocycles. The zero-order valence-corrected chi connectivity index (χ0v) is 11.3. The lowest BCUT2D eigenvalue weighted by molar-refractivity contribution is -0.121. The van der Waals surface area contributed by atoms with Crippen LogP contribution in [0.25, 0.3) is 0 Å². The van der Waals surface area contributed by atoms with E-state index >= 15 is 0 Å². The van der Waals surface area contributed by atoms with Crippen molar-refractivity contribution in [3.05, 3.63) is 30.1 Å². The Labute approximate surface area is 114 Å². The second kappa shape index (κ2) is 6.66. The normalized spacial score (nSPS) is 18.6. The van der Waals surface area contributed by atoms with Crippen LogP contribution in [0.3, 0.4) is 0 Å². The number of nitrogens with one attached hydrogen (secondary N) is 1. The molecular weight excluding hydrogens is 240 g/mol. The van der Waals surface area contributed by atoms with Crippen molar-refractivity contribution in [2.24, 2.45) is 0 Å². The fourth-order valence-electron chi connectivity index (χ4n) is 2.58. The number of hydrogen-bond donors (Lipinski definition) is 2. The highest BCUT2D eigenvalue weighted by Gasteiger charge is 2.28. The van der Waals surface area contributed by atoms with Crippen LogP contribution in [-0.2, 0) is 11.2 Å². The van der Waals surface area contributed by atoms with Crippen LogP contribution in [0.4, 0.5) is 0 Å². The van der Waals surface area contributed by atoms with E-state index < -0.39 is 5.60 Å². The van der Waals surface area contributed by atoms with E-state index in [2.05, 4.69) is 10.3 Å². The summed E-state index contributed by atoms with van der Waals surface area (Å²) in [5.41, 5.74) is 0.241. The molecule has 1 aromatic rings. The van der Waals surface area contributed by atoms with Gasteiger partial charge in [-0.05, 0) is 30.5 Å². The third-order valence-corrected chi connectivity index (χ3v) is 3.76. The van der Waals surface area contributed by atoms with E-state index in [9.17, 15) is 9.90 Å². The van der Waals surface area contributed by atoms with Crippen molar-refractivity contribution in [3.63, 3.8) is 0 Å². The van der Waals surface area contributed by atoms with E-state index in [4.69, 9.17) is 0 Å². The topological polar surface area (TPSA) is 62.2 Å². The number of rotatable bonds is 4. The molecule has 1 saturated carbocycles. The molecule has 0 unspecified atom stereocenters. The zero-order valence-electron chi connectivity index (χ0n) is 11.3. The molecule has 0 radical (unpaired) electrons. The maximum absolute atomic E-state index is 11.8. The maximum atomic E-state index is 11.8. The van der Waals surface area contributed by atoms with Gasteiger partial charge in [-0.3, -0.25) is 9.78 Å². The van der Waals surface area contributed by atoms with E-state index in [0.717, 1.165) is 31.2 Å². The molecule has 1 heterocycles. The van der Waals surface area contributed by atoms with Gasteiger partial charge < -0.3 is 10.4 Å². The first kappa shape index (κ1) is 14.0. The van der Waals surface area contributed by atoms with E-state index in [1.165, 1.54) is 12.8 Å². The SMILES string of the molecule is O=C(Cc1ccncc1)NCC1(O)CCCCCC1. The number of aliphatic hydroxyl groups is 1. The number of nitrogens with zero attached hydrogens (tertiary/aromatic N) is 1. The Morgan fingerprint density at radius 2 is 1.84 bits per heavy atom. The van der Waals surface area contributed by atoms with Crippen molar-refractivity contribution >= 4 is 5.91 Å². The van der Waals surface area contributed by atoms with Gasteiger partial charge in [0.2, 0.25) is 5.91 Å². The fourth-order valence-corrected chi connectivity index (χ4v) is 2.58. The first-order chi connectivity index (χ1) is 9.18. The lowest BCUT2D eigenvalue weighted by atomic mass is 9.94. The van der Waals surface area contributed by atoms with Gasteiger partial charge in [0.25, 0.3) is 0 Å². The first-order valence-corrected chi connectivity index (χ1v) is 7.06. The Kier molecular flexibility index (Phi) is 4.91. The number of amides is 1. The van der Waals surface area contributed by atoms with Crippen molar-refractivity contribution in [2.75, 3.05) is 6.54 Å². The smallest absolute Gasteiger partial charge is 0.224 e. The third kappa shape index (κ3) is 4.63. The standard InChI is InChI=1S/C15H22N2O2/c18-14(11-13-5-9-16-10-6-13)17-12-15(19)7-3-1-2-4-8-15/h5-6,9-10,19H,1-4,7-8,11-12H2,(H,17,18). The molecule has 1 aliphatic carbocycles. The van der Waals surface area contributed by atoms with Gasteiger partial charge in [0, 0.05) is 18.9 Å². The van der Waals surface area contributed by atoms with E-state index in [1.54, 1.807) is 12.4 Å². The molecule has 4 nitrogen and oxygen atoms in total. The lowest BCUT2D eigenvalue weighted by Crippen LogP contribution is -2.43. The molecule has 1 aliphatic rings. The quantitative estimate of drug-likeness (QED) is 0.814. The Bertz CT molecular complexity index is 398. The molecule has 1 amide bonds. The van der Waals surface area contributed by atoms with Crippen molar-refractivity contribution in [1.82, 2.24) is 10.3 Å². The highest BCUT2D eigenvalue weighted by atomic mass is 16.3. The predicted molar refractivity (Wildman–Crippen MR) is 73.6 cm³/mol. The van der Waals surface area contributed by atoms with E-state index in [1.807, 2.05) is 12.1 Å². The number of hydrogen-bond acceptors (Lipinski definition) is 3. The molecule has 0 spiro atoms. The van der Waals surface area contributed by atoms with E-state index in [-0.39, 0.29) is 5.91 Å². The summed E-state index contributed by atoms with van der Waals surface area (Å²) in [4.78, 5) is 15.8. The van der Waals surface area contributed by atoms with Crippen LogP contribution in [0, 0.1) is 0 Å². The van der Waals surface area contributed by atoms with Crippen molar-refractivity contribution in [2.45, 2.75) is 50.5 Å². The van der Waals surface area contributed by atoms with Gasteiger partial charge in [0.1, 0.15) is 0 Å². The summed E-state index contributed by atoms with van der Waals surface area (Å²) in [6, 6.07) is 3.67. The molecular formula is C15H22N2O2. The van der Waals surface area contributed by atoms with Gasteiger partial charge in [-0.1, -0.05) is 25.7 Å². The van der Waals surface area contributed by atoms with Crippen LogP contribution in [0.15, 0.2) is 24.5 Å². The third-order valence-electron chi connectivity index (χ3n) is 3.76. The summed E-state index contributed by atoms with van der Waals surface area (Å²) < 4.78 is 0. The van der Waals surface area contributed by atoms with Crippen LogP contribution in [0.2, 0.25) is 0 Å². The highest BCUT2D eigenvalue weighted by molar-refractivity contribution is 5.78. The zero-order chi connectivity index (χ0) is 13.6. The van der Waals surface area contributed by atoms with Gasteiger partial charge in [0.05, 0.1) is 12.0 Å². The van der Waals surface area contributed by atoms with Gasteiger partial charge in [-0.25, -0.2) is 0 Å². The number of carbonyl (C=O) groups is 1. The number of aromatic nitrogens is 1. The Morgan fingerprint density at radius 1 is 1.21 bits per heavy atom. The predicted octanol–water partition coefficient (Wildman–Crippen LogP) is 1.83. The summed E-state index contributed by atoms with van der Waals surface area (Å²) in [5, 5.41) is 13.3. The fraction of sp³-hybridized carbons (Fsp3) is 0.600. The van der Waals surface area contributed by atoms with Crippen LogP contribution in [0.5, 0.6) is 0 Å². The van der Waals surface area contributed by atoms with Crippen LogP contribution < -0.4 is 5.32 Å². The van der Waals surface area contributed by atoms with Gasteiger partial charge in [-0.15, -0.1) is 0 Å². The van der Waals surface area contributed by atoms with Gasteiger partial charge >= 0.3 is 0 Å². The molecule has 1 aromatic heterocycles. The molecule has 4 heteroatoms. The number of pyridine rings is 1. The average molecular weight is 262 g/mol. The van der Waals surface area contributed by atoms with E-state index in [0.29, 0.717) is 13.0 Å². The Morgan fingerprint density at radius 3 is 2.47 bits per heavy atom. The van der Waals surface area contributed by atoms with Crippen molar-refractivity contribution in [3.8, 4) is 0 Å². The van der Waals surface area contributed by atoms with Crippen molar-refractivity contribution < 1.29 is 9.90 Å². The molecule has 0 aliphatic heterocycles. The molecule has 0 bridgehead atoms. The van der Waals surface area contributed by atoms with Gasteiger partial charge in [0.15, 0.2) is 0 Å².